The molecule has 3 aromatic rings. The molecule has 0 amide bonds. The molecule has 0 saturated carbocycles. The van der Waals surface area contributed by atoms with E-state index in [0.29, 0.717) is 31.1 Å². The Balaban J connectivity index is 1.55. The first kappa shape index (κ1) is 20.3. The van der Waals surface area contributed by atoms with Crippen molar-refractivity contribution in [3.8, 4) is 0 Å². The summed E-state index contributed by atoms with van der Waals surface area (Å²) in [6, 6.07) is 27.8. The van der Waals surface area contributed by atoms with Crippen LogP contribution in [-0.4, -0.2) is 43.8 Å². The highest BCUT2D eigenvalue weighted by Gasteiger charge is 2.32. The van der Waals surface area contributed by atoms with E-state index in [1.165, 1.54) is 11.1 Å². The van der Waals surface area contributed by atoms with Crippen LogP contribution in [0, 0.1) is 0 Å². The van der Waals surface area contributed by atoms with Crippen molar-refractivity contribution in [1.29, 1.82) is 0 Å². The molecule has 6 heteroatoms. The van der Waals surface area contributed by atoms with Crippen LogP contribution in [0.1, 0.15) is 17.2 Å². The Kier molecular flexibility index (Phi) is 6.15. The van der Waals surface area contributed by atoms with E-state index in [4.69, 9.17) is 0 Å². The molecule has 1 heterocycles. The van der Waals surface area contributed by atoms with Gasteiger partial charge in [-0.3, -0.25) is 4.90 Å². The summed E-state index contributed by atoms with van der Waals surface area (Å²) in [4.78, 5) is 2.72. The Labute approximate surface area is 181 Å². The summed E-state index contributed by atoms with van der Waals surface area (Å²) in [5, 5.41) is 0. The molecule has 0 N–H and O–H groups in total. The highest BCUT2D eigenvalue weighted by Crippen LogP contribution is 2.30. The van der Waals surface area contributed by atoms with Crippen molar-refractivity contribution in [1.82, 2.24) is 9.21 Å². The molecule has 0 aliphatic carbocycles. The van der Waals surface area contributed by atoms with E-state index in [9.17, 15) is 8.42 Å². The molecule has 0 radical (unpaired) electrons. The standard InChI is InChI=1S/C23H23BrN2O2S/c24-21-11-13-22(14-12-21)29(27,28)26-17-15-25(16-18-26)23(19-7-3-1-4-8-19)20-9-5-2-6-10-20/h1-14,23H,15-18H2. The lowest BCUT2D eigenvalue weighted by atomic mass is 9.96. The van der Waals surface area contributed by atoms with Gasteiger partial charge >= 0.3 is 0 Å². The predicted molar refractivity (Wildman–Crippen MR) is 119 cm³/mol. The molecule has 1 fully saturated rings. The highest BCUT2D eigenvalue weighted by atomic mass is 79.9. The summed E-state index contributed by atoms with van der Waals surface area (Å²) in [5.41, 5.74) is 2.45. The van der Waals surface area contributed by atoms with Crippen molar-refractivity contribution in [2.45, 2.75) is 10.9 Å². The quantitative estimate of drug-likeness (QED) is 0.549. The molecule has 29 heavy (non-hydrogen) atoms. The number of hydrogen-bond acceptors (Lipinski definition) is 3. The van der Waals surface area contributed by atoms with E-state index in [0.717, 1.165) is 4.47 Å². The fourth-order valence-electron chi connectivity index (χ4n) is 3.84. The van der Waals surface area contributed by atoms with Gasteiger partial charge in [-0.15, -0.1) is 0 Å². The summed E-state index contributed by atoms with van der Waals surface area (Å²) in [5.74, 6) is 0. The first-order chi connectivity index (χ1) is 14.1. The first-order valence-corrected chi connectivity index (χ1v) is 11.9. The first-order valence-electron chi connectivity index (χ1n) is 9.65. The average molecular weight is 471 g/mol. The number of halogens is 1. The zero-order valence-electron chi connectivity index (χ0n) is 16.0. The maximum absolute atomic E-state index is 13.0. The van der Waals surface area contributed by atoms with Crippen LogP contribution in [0.3, 0.4) is 0 Å². The van der Waals surface area contributed by atoms with E-state index in [2.05, 4.69) is 69.4 Å². The second kappa shape index (κ2) is 8.79. The average Bonchev–Trinajstić information content (AvgIpc) is 2.76. The van der Waals surface area contributed by atoms with Gasteiger partial charge in [0.2, 0.25) is 10.0 Å². The molecule has 0 atom stereocenters. The lowest BCUT2D eigenvalue weighted by molar-refractivity contribution is 0.156. The van der Waals surface area contributed by atoms with Gasteiger partial charge in [0.25, 0.3) is 0 Å². The van der Waals surface area contributed by atoms with Gasteiger partial charge in [-0.1, -0.05) is 76.6 Å². The van der Waals surface area contributed by atoms with E-state index >= 15 is 0 Å². The second-order valence-corrected chi connectivity index (χ2v) is 9.97. The zero-order valence-corrected chi connectivity index (χ0v) is 18.4. The van der Waals surface area contributed by atoms with Crippen LogP contribution >= 0.6 is 15.9 Å². The summed E-state index contributed by atoms with van der Waals surface area (Å²) < 4.78 is 28.5. The largest absolute Gasteiger partial charge is 0.290 e. The second-order valence-electron chi connectivity index (χ2n) is 7.12. The van der Waals surface area contributed by atoms with E-state index < -0.39 is 10.0 Å². The zero-order chi connectivity index (χ0) is 20.3. The van der Waals surface area contributed by atoms with Crippen molar-refractivity contribution in [3.63, 3.8) is 0 Å². The van der Waals surface area contributed by atoms with Gasteiger partial charge in [-0.2, -0.15) is 4.31 Å². The maximum Gasteiger partial charge on any atom is 0.243 e. The topological polar surface area (TPSA) is 40.6 Å². The van der Waals surface area contributed by atoms with Gasteiger partial charge in [0.05, 0.1) is 10.9 Å². The monoisotopic (exact) mass is 470 g/mol. The van der Waals surface area contributed by atoms with Gasteiger partial charge in [-0.25, -0.2) is 8.42 Å². The minimum absolute atomic E-state index is 0.120. The Bertz CT molecular complexity index is 994. The number of benzene rings is 3. The van der Waals surface area contributed by atoms with Gasteiger partial charge < -0.3 is 0 Å². The fraction of sp³-hybridized carbons (Fsp3) is 0.217. The van der Waals surface area contributed by atoms with Gasteiger partial charge in [0.1, 0.15) is 0 Å². The van der Waals surface area contributed by atoms with Crippen LogP contribution in [0.15, 0.2) is 94.3 Å². The van der Waals surface area contributed by atoms with E-state index in [-0.39, 0.29) is 6.04 Å². The van der Waals surface area contributed by atoms with E-state index in [1.54, 1.807) is 28.6 Å². The minimum atomic E-state index is -3.47. The van der Waals surface area contributed by atoms with Crippen molar-refractivity contribution in [3.05, 3.63) is 101 Å². The van der Waals surface area contributed by atoms with Gasteiger partial charge in [0, 0.05) is 30.7 Å². The number of piperazine rings is 1. The Morgan fingerprint density at radius 1 is 0.690 bits per heavy atom. The Morgan fingerprint density at radius 3 is 1.66 bits per heavy atom. The summed E-state index contributed by atoms with van der Waals surface area (Å²) in [6.07, 6.45) is 0. The van der Waals surface area contributed by atoms with Crippen LogP contribution in [0.2, 0.25) is 0 Å². The summed E-state index contributed by atoms with van der Waals surface area (Å²) in [7, 11) is -3.47. The molecule has 1 saturated heterocycles. The molecule has 4 rings (SSSR count). The van der Waals surface area contributed by atoms with Crippen LogP contribution < -0.4 is 0 Å². The number of nitrogens with zero attached hydrogens (tertiary/aromatic N) is 2. The fourth-order valence-corrected chi connectivity index (χ4v) is 5.53. The Hall–Kier alpha value is -1.99. The molecule has 4 nitrogen and oxygen atoms in total. The normalized spacial score (nSPS) is 16.2. The molecule has 1 aliphatic heterocycles. The molecule has 0 spiro atoms. The third-order valence-electron chi connectivity index (χ3n) is 5.32. The van der Waals surface area contributed by atoms with E-state index in [1.807, 2.05) is 12.1 Å². The van der Waals surface area contributed by atoms with Crippen molar-refractivity contribution in [2.75, 3.05) is 26.2 Å². The van der Waals surface area contributed by atoms with Crippen LogP contribution in [0.5, 0.6) is 0 Å². The Morgan fingerprint density at radius 2 is 1.17 bits per heavy atom. The highest BCUT2D eigenvalue weighted by molar-refractivity contribution is 9.10. The molecule has 150 valence electrons. The van der Waals surface area contributed by atoms with Crippen molar-refractivity contribution < 1.29 is 8.42 Å². The number of sulfonamides is 1. The third kappa shape index (κ3) is 4.46. The third-order valence-corrected chi connectivity index (χ3v) is 7.76. The van der Waals surface area contributed by atoms with Crippen molar-refractivity contribution in [2.24, 2.45) is 0 Å². The molecule has 1 aliphatic rings. The lowest BCUT2D eigenvalue weighted by Crippen LogP contribution is -2.49. The molecule has 3 aromatic carbocycles. The molecule has 0 bridgehead atoms. The number of rotatable bonds is 5. The van der Waals surface area contributed by atoms with Crippen molar-refractivity contribution >= 4 is 26.0 Å². The minimum Gasteiger partial charge on any atom is -0.290 e. The number of hydrogen-bond donors (Lipinski definition) is 0. The summed E-state index contributed by atoms with van der Waals surface area (Å²) in [6.45, 7) is 2.33. The molecular weight excluding hydrogens is 448 g/mol. The SMILES string of the molecule is O=S(=O)(c1ccc(Br)cc1)N1CCN(C(c2ccccc2)c2ccccc2)CC1. The predicted octanol–water partition coefficient (Wildman–Crippen LogP) is 4.55. The van der Waals surface area contributed by atoms with Gasteiger partial charge in [-0.05, 0) is 35.4 Å². The summed E-state index contributed by atoms with van der Waals surface area (Å²) >= 11 is 3.36. The van der Waals surface area contributed by atoms with Crippen LogP contribution in [0.25, 0.3) is 0 Å². The lowest BCUT2D eigenvalue weighted by Gasteiger charge is -2.39. The van der Waals surface area contributed by atoms with Crippen LogP contribution in [-0.2, 0) is 10.0 Å². The molecule has 0 aromatic heterocycles. The van der Waals surface area contributed by atoms with Crippen LogP contribution in [0.4, 0.5) is 0 Å². The molecular formula is C23H23BrN2O2S. The van der Waals surface area contributed by atoms with Gasteiger partial charge in [0.15, 0.2) is 0 Å². The maximum atomic E-state index is 13.0. The smallest absolute Gasteiger partial charge is 0.243 e. The molecule has 0 unspecified atom stereocenters.